The average molecular weight is 251 g/mol. The Bertz CT molecular complexity index is 371. The van der Waals surface area contributed by atoms with Crippen LogP contribution in [-0.2, 0) is 0 Å². The third kappa shape index (κ3) is 4.36. The number of thioether (sulfide) groups is 1. The van der Waals surface area contributed by atoms with Crippen LogP contribution in [0.3, 0.4) is 0 Å². The molecule has 96 valence electrons. The fourth-order valence-electron chi connectivity index (χ4n) is 1.81. The zero-order valence-corrected chi connectivity index (χ0v) is 12.7. The minimum atomic E-state index is 0.298. The third-order valence-corrected chi connectivity index (χ3v) is 4.54. The Morgan fingerprint density at radius 1 is 1.29 bits per heavy atom. The van der Waals surface area contributed by atoms with Gasteiger partial charge in [-0.2, -0.15) is 11.8 Å². The number of benzene rings is 1. The maximum atomic E-state index is 3.64. The summed E-state index contributed by atoms with van der Waals surface area (Å²) in [5.41, 5.74) is 4.13. The minimum Gasteiger partial charge on any atom is -0.309 e. The maximum absolute atomic E-state index is 3.64. The van der Waals surface area contributed by atoms with E-state index in [2.05, 4.69) is 64.4 Å². The first kappa shape index (κ1) is 14.6. The van der Waals surface area contributed by atoms with Crippen molar-refractivity contribution in [3.63, 3.8) is 0 Å². The molecule has 1 N–H and O–H groups in total. The lowest BCUT2D eigenvalue weighted by atomic mass is 9.99. The molecule has 0 heterocycles. The fourth-order valence-corrected chi connectivity index (χ4v) is 2.04. The van der Waals surface area contributed by atoms with Gasteiger partial charge in [0.15, 0.2) is 0 Å². The van der Waals surface area contributed by atoms with Crippen LogP contribution in [0, 0.1) is 13.8 Å². The molecule has 0 fully saturated rings. The van der Waals surface area contributed by atoms with Gasteiger partial charge in [0.2, 0.25) is 0 Å². The van der Waals surface area contributed by atoms with E-state index in [1.807, 2.05) is 11.8 Å². The molecule has 2 heteroatoms. The molecule has 1 rings (SSSR count). The summed E-state index contributed by atoms with van der Waals surface area (Å²) in [6.07, 6.45) is 2.17. The van der Waals surface area contributed by atoms with Crippen molar-refractivity contribution in [1.82, 2.24) is 5.32 Å². The first-order valence-corrected chi connectivity index (χ1v) is 7.44. The molecule has 1 unspecified atom stereocenters. The molecule has 0 aliphatic carbocycles. The van der Waals surface area contributed by atoms with Crippen molar-refractivity contribution in [3.8, 4) is 0 Å². The summed E-state index contributed by atoms with van der Waals surface area (Å²) in [5, 5.41) is 3.64. The number of hydrogen-bond donors (Lipinski definition) is 1. The predicted octanol–water partition coefficient (Wildman–Crippen LogP) is 4.10. The molecule has 0 saturated carbocycles. The Balaban J connectivity index is 2.70. The van der Waals surface area contributed by atoms with Crippen LogP contribution in [0.5, 0.6) is 0 Å². The Labute approximate surface area is 110 Å². The molecular weight excluding hydrogens is 226 g/mol. The summed E-state index contributed by atoms with van der Waals surface area (Å²) in [5.74, 6) is 0. The first-order valence-electron chi connectivity index (χ1n) is 6.21. The van der Waals surface area contributed by atoms with E-state index >= 15 is 0 Å². The first-order chi connectivity index (χ1) is 7.85. The van der Waals surface area contributed by atoms with Crippen LogP contribution in [0.2, 0.25) is 0 Å². The summed E-state index contributed by atoms with van der Waals surface area (Å²) in [7, 11) is 0. The van der Waals surface area contributed by atoms with Crippen LogP contribution < -0.4 is 5.32 Å². The van der Waals surface area contributed by atoms with E-state index in [0.717, 1.165) is 6.54 Å². The molecule has 1 aromatic rings. The highest BCUT2D eigenvalue weighted by atomic mass is 32.2. The molecule has 0 radical (unpaired) electrons. The van der Waals surface area contributed by atoms with E-state index in [0.29, 0.717) is 10.8 Å². The molecular formula is C15H25NS. The lowest BCUT2D eigenvalue weighted by Crippen LogP contribution is -2.33. The van der Waals surface area contributed by atoms with Gasteiger partial charge < -0.3 is 5.32 Å². The van der Waals surface area contributed by atoms with Crippen LogP contribution in [0.25, 0.3) is 0 Å². The normalized spacial score (nSPS) is 13.8. The van der Waals surface area contributed by atoms with Gasteiger partial charge in [0.25, 0.3) is 0 Å². The lowest BCUT2D eigenvalue weighted by molar-refractivity contribution is 0.521. The largest absolute Gasteiger partial charge is 0.309 e. The SMILES string of the molecule is CSC(C)(C)CNC(C)c1cc(C)ccc1C. The summed E-state index contributed by atoms with van der Waals surface area (Å²) in [4.78, 5) is 0. The molecule has 17 heavy (non-hydrogen) atoms. The molecule has 0 aromatic heterocycles. The monoisotopic (exact) mass is 251 g/mol. The molecule has 0 aliphatic rings. The Kier molecular flexibility index (Phi) is 5.08. The zero-order valence-electron chi connectivity index (χ0n) is 11.9. The number of nitrogens with one attached hydrogen (secondary N) is 1. The summed E-state index contributed by atoms with van der Waals surface area (Å²) in [6.45, 7) is 12.2. The van der Waals surface area contributed by atoms with E-state index in [1.54, 1.807) is 0 Å². The number of rotatable bonds is 5. The smallest absolute Gasteiger partial charge is 0.0295 e. The molecule has 0 amide bonds. The Morgan fingerprint density at radius 2 is 1.94 bits per heavy atom. The lowest BCUT2D eigenvalue weighted by Gasteiger charge is -2.26. The van der Waals surface area contributed by atoms with Crippen molar-refractivity contribution in [2.24, 2.45) is 0 Å². The van der Waals surface area contributed by atoms with Gasteiger partial charge in [0, 0.05) is 17.3 Å². The molecule has 1 atom stereocenters. The van der Waals surface area contributed by atoms with E-state index in [4.69, 9.17) is 0 Å². The minimum absolute atomic E-state index is 0.298. The molecule has 0 spiro atoms. The second kappa shape index (κ2) is 5.92. The molecule has 1 aromatic carbocycles. The molecule has 0 saturated heterocycles. The summed E-state index contributed by atoms with van der Waals surface area (Å²) < 4.78 is 0.298. The second-order valence-electron chi connectivity index (χ2n) is 5.43. The van der Waals surface area contributed by atoms with Gasteiger partial charge in [-0.05, 0) is 52.0 Å². The Hall–Kier alpha value is -0.470. The van der Waals surface area contributed by atoms with E-state index in [9.17, 15) is 0 Å². The van der Waals surface area contributed by atoms with Crippen molar-refractivity contribution in [1.29, 1.82) is 0 Å². The average Bonchev–Trinajstić information content (AvgIpc) is 2.29. The van der Waals surface area contributed by atoms with Crippen molar-refractivity contribution >= 4 is 11.8 Å². The Morgan fingerprint density at radius 3 is 2.53 bits per heavy atom. The van der Waals surface area contributed by atoms with Gasteiger partial charge in [-0.3, -0.25) is 0 Å². The van der Waals surface area contributed by atoms with Crippen LogP contribution in [0.15, 0.2) is 18.2 Å². The van der Waals surface area contributed by atoms with Crippen LogP contribution in [0.4, 0.5) is 0 Å². The third-order valence-electron chi connectivity index (χ3n) is 3.29. The maximum Gasteiger partial charge on any atom is 0.0295 e. The van der Waals surface area contributed by atoms with Gasteiger partial charge in [0.1, 0.15) is 0 Å². The van der Waals surface area contributed by atoms with E-state index in [-0.39, 0.29) is 0 Å². The molecule has 0 aliphatic heterocycles. The highest BCUT2D eigenvalue weighted by Gasteiger charge is 2.17. The predicted molar refractivity (Wildman–Crippen MR) is 79.9 cm³/mol. The van der Waals surface area contributed by atoms with Gasteiger partial charge in [-0.15, -0.1) is 0 Å². The standard InChI is InChI=1S/C15H25NS/c1-11-7-8-12(2)14(9-11)13(3)16-10-15(4,5)17-6/h7-9,13,16H,10H2,1-6H3. The van der Waals surface area contributed by atoms with E-state index in [1.165, 1.54) is 16.7 Å². The van der Waals surface area contributed by atoms with E-state index < -0.39 is 0 Å². The van der Waals surface area contributed by atoms with Crippen molar-refractivity contribution in [3.05, 3.63) is 34.9 Å². The highest BCUT2D eigenvalue weighted by molar-refractivity contribution is 7.99. The summed E-state index contributed by atoms with van der Waals surface area (Å²) in [6, 6.07) is 7.10. The van der Waals surface area contributed by atoms with Gasteiger partial charge in [0.05, 0.1) is 0 Å². The van der Waals surface area contributed by atoms with Crippen LogP contribution >= 0.6 is 11.8 Å². The molecule has 0 bridgehead atoms. The highest BCUT2D eigenvalue weighted by Crippen LogP contribution is 2.23. The number of aryl methyl sites for hydroxylation is 2. The summed E-state index contributed by atoms with van der Waals surface area (Å²) >= 11 is 1.91. The van der Waals surface area contributed by atoms with Gasteiger partial charge in [-0.1, -0.05) is 23.8 Å². The van der Waals surface area contributed by atoms with Crippen molar-refractivity contribution in [2.75, 3.05) is 12.8 Å². The van der Waals surface area contributed by atoms with Crippen LogP contribution in [0.1, 0.15) is 43.5 Å². The topological polar surface area (TPSA) is 12.0 Å². The second-order valence-corrected chi connectivity index (χ2v) is 6.94. The zero-order chi connectivity index (χ0) is 13.1. The van der Waals surface area contributed by atoms with Crippen LogP contribution in [-0.4, -0.2) is 17.5 Å². The van der Waals surface area contributed by atoms with Crippen molar-refractivity contribution < 1.29 is 0 Å². The van der Waals surface area contributed by atoms with Crippen molar-refractivity contribution in [2.45, 2.75) is 45.4 Å². The van der Waals surface area contributed by atoms with Gasteiger partial charge >= 0.3 is 0 Å². The molecule has 1 nitrogen and oxygen atoms in total. The fraction of sp³-hybridized carbons (Fsp3) is 0.600. The quantitative estimate of drug-likeness (QED) is 0.845. The number of hydrogen-bond acceptors (Lipinski definition) is 2. The van der Waals surface area contributed by atoms with Gasteiger partial charge in [-0.25, -0.2) is 0 Å².